The third kappa shape index (κ3) is 4.41. The second-order valence-corrected chi connectivity index (χ2v) is 4.95. The molecule has 0 aromatic heterocycles. The van der Waals surface area contributed by atoms with E-state index in [-0.39, 0.29) is 5.92 Å². The van der Waals surface area contributed by atoms with Crippen LogP contribution in [0.2, 0.25) is 0 Å². The Balaban J connectivity index is 2.46. The van der Waals surface area contributed by atoms with Crippen LogP contribution >= 0.6 is 15.9 Å². The summed E-state index contributed by atoms with van der Waals surface area (Å²) in [5.74, 6) is 5.21. The van der Waals surface area contributed by atoms with E-state index in [4.69, 9.17) is 0 Å². The molecule has 3 heteroatoms. The average molecular weight is 265 g/mol. The Morgan fingerprint density at radius 2 is 1.86 bits per heavy atom. The number of hydrogen-bond donors (Lipinski definition) is 0. The van der Waals surface area contributed by atoms with Gasteiger partial charge >= 0.3 is 4.83 Å². The van der Waals surface area contributed by atoms with Crippen LogP contribution in [0.4, 0.5) is 8.78 Å². The van der Waals surface area contributed by atoms with E-state index in [1.807, 2.05) is 12.8 Å². The van der Waals surface area contributed by atoms with Gasteiger partial charge in [-0.2, -0.15) is 8.78 Å². The standard InChI is InChI=1S/C11H15BrF2/c1-9(7-8-11(12,13)14)10-5-3-2-4-6-10/h9-10H,2-6H2,1H3. The van der Waals surface area contributed by atoms with Gasteiger partial charge in [-0.3, -0.25) is 0 Å². The van der Waals surface area contributed by atoms with E-state index in [1.54, 1.807) is 0 Å². The Bertz CT molecular complexity index is 228. The van der Waals surface area contributed by atoms with Gasteiger partial charge in [0.15, 0.2) is 0 Å². The summed E-state index contributed by atoms with van der Waals surface area (Å²) in [7, 11) is 0. The van der Waals surface area contributed by atoms with E-state index in [0.717, 1.165) is 12.8 Å². The zero-order valence-corrected chi connectivity index (χ0v) is 9.91. The summed E-state index contributed by atoms with van der Waals surface area (Å²) in [6, 6.07) is 0. The minimum atomic E-state index is -3.02. The summed E-state index contributed by atoms with van der Waals surface area (Å²) in [5.41, 5.74) is 0. The van der Waals surface area contributed by atoms with Crippen molar-refractivity contribution in [3.8, 4) is 11.8 Å². The molecule has 1 saturated carbocycles. The van der Waals surface area contributed by atoms with Crippen LogP contribution in [0.5, 0.6) is 0 Å². The van der Waals surface area contributed by atoms with Gasteiger partial charge in [0.1, 0.15) is 0 Å². The lowest BCUT2D eigenvalue weighted by atomic mass is 9.81. The summed E-state index contributed by atoms with van der Waals surface area (Å²) in [5, 5.41) is 0. The molecule has 1 rings (SSSR count). The van der Waals surface area contributed by atoms with Crippen molar-refractivity contribution in [3.63, 3.8) is 0 Å². The van der Waals surface area contributed by atoms with Gasteiger partial charge in [-0.25, -0.2) is 0 Å². The van der Waals surface area contributed by atoms with E-state index in [0.29, 0.717) is 5.92 Å². The molecule has 0 nitrogen and oxygen atoms in total. The lowest BCUT2D eigenvalue weighted by Gasteiger charge is -2.24. The Labute approximate surface area is 92.6 Å². The minimum absolute atomic E-state index is 0.0960. The Kier molecular flexibility index (Phi) is 4.37. The van der Waals surface area contributed by atoms with E-state index < -0.39 is 4.83 Å². The molecule has 0 heterocycles. The third-order valence-electron chi connectivity index (χ3n) is 2.80. The molecule has 0 spiro atoms. The molecule has 80 valence electrons. The second-order valence-electron chi connectivity index (χ2n) is 3.95. The maximum absolute atomic E-state index is 12.4. The van der Waals surface area contributed by atoms with Gasteiger partial charge in [-0.1, -0.05) is 32.1 Å². The normalized spacial score (nSPS) is 21.1. The van der Waals surface area contributed by atoms with Crippen LogP contribution in [-0.4, -0.2) is 4.83 Å². The van der Waals surface area contributed by atoms with Crippen LogP contribution in [-0.2, 0) is 0 Å². The van der Waals surface area contributed by atoms with Gasteiger partial charge < -0.3 is 0 Å². The second kappa shape index (κ2) is 5.11. The van der Waals surface area contributed by atoms with Crippen molar-refractivity contribution in [2.24, 2.45) is 11.8 Å². The van der Waals surface area contributed by atoms with Gasteiger partial charge in [-0.05, 0) is 24.7 Å². The first-order valence-corrected chi connectivity index (χ1v) is 5.88. The Morgan fingerprint density at radius 1 is 1.29 bits per heavy atom. The van der Waals surface area contributed by atoms with Crippen molar-refractivity contribution in [1.29, 1.82) is 0 Å². The van der Waals surface area contributed by atoms with E-state index >= 15 is 0 Å². The smallest absolute Gasteiger partial charge is 0.180 e. The fourth-order valence-electron chi connectivity index (χ4n) is 1.95. The topological polar surface area (TPSA) is 0 Å². The number of rotatable bonds is 1. The quantitative estimate of drug-likeness (QED) is 0.492. The van der Waals surface area contributed by atoms with Crippen LogP contribution in [0, 0.1) is 23.7 Å². The van der Waals surface area contributed by atoms with Crippen molar-refractivity contribution < 1.29 is 8.78 Å². The molecule has 0 radical (unpaired) electrons. The van der Waals surface area contributed by atoms with Crippen LogP contribution in [0.25, 0.3) is 0 Å². The lowest BCUT2D eigenvalue weighted by molar-refractivity contribution is 0.182. The first kappa shape index (κ1) is 12.0. The number of hydrogen-bond acceptors (Lipinski definition) is 0. The summed E-state index contributed by atoms with van der Waals surface area (Å²) < 4.78 is 24.8. The highest BCUT2D eigenvalue weighted by molar-refractivity contribution is 9.10. The molecule has 14 heavy (non-hydrogen) atoms. The van der Waals surface area contributed by atoms with Crippen molar-refractivity contribution in [3.05, 3.63) is 0 Å². The third-order valence-corrected chi connectivity index (χ3v) is 3.00. The molecule has 0 N–H and O–H groups in total. The van der Waals surface area contributed by atoms with Crippen LogP contribution < -0.4 is 0 Å². The fourth-order valence-corrected chi connectivity index (χ4v) is 2.06. The van der Waals surface area contributed by atoms with Gasteiger partial charge in [0.2, 0.25) is 0 Å². The van der Waals surface area contributed by atoms with E-state index in [2.05, 4.69) is 21.9 Å². The molecule has 1 fully saturated rings. The summed E-state index contributed by atoms with van der Waals surface area (Å²) in [4.78, 5) is -3.02. The Hall–Kier alpha value is -0.100. The van der Waals surface area contributed by atoms with Crippen molar-refractivity contribution in [1.82, 2.24) is 0 Å². The summed E-state index contributed by atoms with van der Waals surface area (Å²) >= 11 is 2.22. The largest absolute Gasteiger partial charge is 0.363 e. The molecule has 0 amide bonds. The van der Waals surface area contributed by atoms with Gasteiger partial charge in [-0.15, -0.1) is 0 Å². The predicted octanol–water partition coefficient (Wildman–Crippen LogP) is 4.19. The molecule has 0 saturated heterocycles. The van der Waals surface area contributed by atoms with Crippen molar-refractivity contribution >= 4 is 15.9 Å². The van der Waals surface area contributed by atoms with Crippen LogP contribution in [0.3, 0.4) is 0 Å². The first-order chi connectivity index (χ1) is 6.49. The highest BCUT2D eigenvalue weighted by Crippen LogP contribution is 2.30. The maximum atomic E-state index is 12.4. The molecule has 0 aromatic rings. The monoisotopic (exact) mass is 264 g/mol. The first-order valence-electron chi connectivity index (χ1n) is 5.08. The molecular weight excluding hydrogens is 250 g/mol. The highest BCUT2D eigenvalue weighted by Gasteiger charge is 2.22. The van der Waals surface area contributed by atoms with Gasteiger partial charge in [0.05, 0.1) is 0 Å². The van der Waals surface area contributed by atoms with Gasteiger partial charge in [0, 0.05) is 21.8 Å². The molecular formula is C11H15BrF2. The SMILES string of the molecule is CC(C#CC(F)(F)Br)C1CCCCC1. The van der Waals surface area contributed by atoms with E-state index in [9.17, 15) is 8.78 Å². The minimum Gasteiger partial charge on any atom is -0.180 e. The maximum Gasteiger partial charge on any atom is 0.363 e. The lowest BCUT2D eigenvalue weighted by Crippen LogP contribution is -2.14. The van der Waals surface area contributed by atoms with Crippen LogP contribution in [0.15, 0.2) is 0 Å². The Morgan fingerprint density at radius 3 is 2.36 bits per heavy atom. The molecule has 1 aliphatic carbocycles. The number of halogens is 3. The van der Waals surface area contributed by atoms with E-state index in [1.165, 1.54) is 19.3 Å². The van der Waals surface area contributed by atoms with Crippen molar-refractivity contribution in [2.75, 3.05) is 0 Å². The fraction of sp³-hybridized carbons (Fsp3) is 0.818. The summed E-state index contributed by atoms with van der Waals surface area (Å²) in [6.45, 7) is 1.95. The molecule has 0 aliphatic heterocycles. The zero-order valence-electron chi connectivity index (χ0n) is 8.32. The van der Waals surface area contributed by atoms with Gasteiger partial charge in [0.25, 0.3) is 0 Å². The molecule has 1 atom stereocenters. The highest BCUT2D eigenvalue weighted by atomic mass is 79.9. The molecule has 0 aromatic carbocycles. The average Bonchev–Trinajstić information content (AvgIpc) is 2.14. The molecule has 1 aliphatic rings. The molecule has 0 bridgehead atoms. The number of alkyl halides is 3. The van der Waals surface area contributed by atoms with Crippen molar-refractivity contribution in [2.45, 2.75) is 43.9 Å². The predicted molar refractivity (Wildman–Crippen MR) is 57.4 cm³/mol. The van der Waals surface area contributed by atoms with Crippen LogP contribution in [0.1, 0.15) is 39.0 Å². The zero-order chi connectivity index (χ0) is 10.6. The summed E-state index contributed by atoms with van der Waals surface area (Å²) in [6.07, 6.45) is 6.02. The molecule has 1 unspecified atom stereocenters.